The Kier molecular flexibility index (Phi) is 3.10. The smallest absolute Gasteiger partial charge is 0.257 e. The van der Waals surface area contributed by atoms with Gasteiger partial charge >= 0.3 is 0 Å². The van der Waals surface area contributed by atoms with Crippen molar-refractivity contribution in [1.29, 1.82) is 0 Å². The van der Waals surface area contributed by atoms with Crippen LogP contribution < -0.4 is 5.32 Å². The Morgan fingerprint density at radius 3 is 2.71 bits per heavy atom. The monoisotopic (exact) mass is 250 g/mol. The lowest BCUT2D eigenvalue weighted by Crippen LogP contribution is -2.12. The summed E-state index contributed by atoms with van der Waals surface area (Å²) in [6.45, 7) is 3.64. The number of rotatable bonds is 2. The Labute approximate surface area is 103 Å². The van der Waals surface area contributed by atoms with Crippen molar-refractivity contribution in [3.05, 3.63) is 40.3 Å². The molecule has 0 fully saturated rings. The number of carbonyl (C=O) groups excluding carboxylic acids is 1. The van der Waals surface area contributed by atoms with Crippen molar-refractivity contribution < 1.29 is 4.79 Å². The molecule has 17 heavy (non-hydrogen) atoms. The van der Waals surface area contributed by atoms with Gasteiger partial charge in [-0.25, -0.2) is 4.98 Å². The number of aromatic nitrogens is 3. The number of aryl methyl sites for hydroxylation is 2. The van der Waals surface area contributed by atoms with Gasteiger partial charge in [0.2, 0.25) is 0 Å². The van der Waals surface area contributed by atoms with Crippen LogP contribution in [0.25, 0.3) is 0 Å². The zero-order chi connectivity index (χ0) is 12.4. The van der Waals surface area contributed by atoms with Crippen molar-refractivity contribution in [2.75, 3.05) is 5.32 Å². The number of nitrogens with one attached hydrogen (secondary N) is 2. The molecule has 1 amide bonds. The van der Waals surface area contributed by atoms with Gasteiger partial charge in [-0.3, -0.25) is 9.89 Å². The molecule has 0 aliphatic heterocycles. The fourth-order valence-electron chi connectivity index (χ4n) is 1.43. The van der Waals surface area contributed by atoms with Gasteiger partial charge in [0.15, 0.2) is 5.82 Å². The molecule has 0 spiro atoms. The summed E-state index contributed by atoms with van der Waals surface area (Å²) < 4.78 is 0. The largest absolute Gasteiger partial charge is 0.305 e. The van der Waals surface area contributed by atoms with Gasteiger partial charge in [0.05, 0.1) is 0 Å². The summed E-state index contributed by atoms with van der Waals surface area (Å²) in [6.07, 6.45) is 0. The first-order valence-electron chi connectivity index (χ1n) is 5.02. The van der Waals surface area contributed by atoms with Crippen LogP contribution in [-0.2, 0) is 0 Å². The van der Waals surface area contributed by atoms with Gasteiger partial charge < -0.3 is 5.32 Å². The Hall–Kier alpha value is -1.88. The lowest BCUT2D eigenvalue weighted by Gasteiger charge is -2.03. The quantitative estimate of drug-likeness (QED) is 0.804. The van der Waals surface area contributed by atoms with Crippen LogP contribution in [0.5, 0.6) is 0 Å². The highest BCUT2D eigenvalue weighted by Gasteiger charge is 2.09. The highest BCUT2D eigenvalue weighted by Crippen LogP contribution is 2.12. The van der Waals surface area contributed by atoms with Crippen molar-refractivity contribution in [3.63, 3.8) is 0 Å². The summed E-state index contributed by atoms with van der Waals surface area (Å²) in [5.41, 5.74) is 2.04. The minimum absolute atomic E-state index is 0.260. The number of anilines is 1. The first-order chi connectivity index (χ1) is 8.04. The molecule has 0 atom stereocenters. The van der Waals surface area contributed by atoms with E-state index in [0.717, 1.165) is 5.69 Å². The molecule has 2 aromatic heterocycles. The van der Waals surface area contributed by atoms with E-state index in [4.69, 9.17) is 11.6 Å². The van der Waals surface area contributed by atoms with Crippen LogP contribution in [0, 0.1) is 13.8 Å². The summed E-state index contributed by atoms with van der Waals surface area (Å²) in [7, 11) is 0. The lowest BCUT2D eigenvalue weighted by molar-refractivity contribution is 0.102. The van der Waals surface area contributed by atoms with E-state index in [9.17, 15) is 4.79 Å². The van der Waals surface area contributed by atoms with Gasteiger partial charge in [-0.15, -0.1) is 0 Å². The maximum Gasteiger partial charge on any atom is 0.257 e. The molecule has 2 aromatic rings. The average Bonchev–Trinajstić information content (AvgIpc) is 2.62. The number of nitrogens with zero attached hydrogens (tertiary/aromatic N) is 2. The van der Waals surface area contributed by atoms with Gasteiger partial charge in [-0.2, -0.15) is 5.10 Å². The van der Waals surface area contributed by atoms with E-state index in [-0.39, 0.29) is 5.91 Å². The molecule has 88 valence electrons. The van der Waals surface area contributed by atoms with Crippen LogP contribution >= 0.6 is 11.6 Å². The fourth-order valence-corrected chi connectivity index (χ4v) is 1.68. The van der Waals surface area contributed by atoms with Crippen LogP contribution in [0.1, 0.15) is 21.7 Å². The first kappa shape index (κ1) is 11.6. The normalized spacial score (nSPS) is 10.3. The van der Waals surface area contributed by atoms with Crippen molar-refractivity contribution in [2.45, 2.75) is 13.8 Å². The second kappa shape index (κ2) is 4.55. The third-order valence-electron chi connectivity index (χ3n) is 2.13. The molecule has 6 heteroatoms. The minimum Gasteiger partial charge on any atom is -0.305 e. The Balaban J connectivity index is 2.19. The third-order valence-corrected chi connectivity index (χ3v) is 2.33. The number of carbonyl (C=O) groups is 1. The fraction of sp³-hybridized carbons (Fsp3) is 0.182. The van der Waals surface area contributed by atoms with Crippen LogP contribution in [0.15, 0.2) is 18.2 Å². The second-order valence-electron chi connectivity index (χ2n) is 3.71. The number of halogens is 1. The van der Waals surface area contributed by atoms with Gasteiger partial charge in [-0.1, -0.05) is 11.6 Å². The van der Waals surface area contributed by atoms with Gasteiger partial charge in [-0.05, 0) is 26.0 Å². The summed E-state index contributed by atoms with van der Waals surface area (Å²) in [6, 6.07) is 4.93. The number of aromatic amines is 1. The van der Waals surface area contributed by atoms with Crippen LogP contribution in [-0.4, -0.2) is 21.1 Å². The standard InChI is InChI=1S/C11H11ClN4O/c1-6-3-8(5-9(12)13-6)11(17)14-10-4-7(2)15-16-10/h3-5H,1-2H3,(H2,14,15,16,17). The maximum atomic E-state index is 11.9. The van der Waals surface area contributed by atoms with Gasteiger partial charge in [0, 0.05) is 23.0 Å². The van der Waals surface area contributed by atoms with Crippen molar-refractivity contribution in [2.24, 2.45) is 0 Å². The van der Waals surface area contributed by atoms with E-state index in [0.29, 0.717) is 22.2 Å². The molecule has 0 unspecified atom stereocenters. The molecule has 0 bridgehead atoms. The topological polar surface area (TPSA) is 70.7 Å². The highest BCUT2D eigenvalue weighted by atomic mass is 35.5. The lowest BCUT2D eigenvalue weighted by atomic mass is 10.2. The average molecular weight is 251 g/mol. The molecule has 5 nitrogen and oxygen atoms in total. The predicted molar refractivity (Wildman–Crippen MR) is 65.3 cm³/mol. The number of pyridine rings is 1. The van der Waals surface area contributed by atoms with Crippen LogP contribution in [0.2, 0.25) is 5.15 Å². The van der Waals surface area contributed by atoms with E-state index >= 15 is 0 Å². The van der Waals surface area contributed by atoms with E-state index in [1.54, 1.807) is 19.1 Å². The number of amides is 1. The summed E-state index contributed by atoms with van der Waals surface area (Å²) in [5, 5.41) is 9.63. The molecule has 2 heterocycles. The molecule has 0 saturated heterocycles. The second-order valence-corrected chi connectivity index (χ2v) is 4.10. The highest BCUT2D eigenvalue weighted by molar-refractivity contribution is 6.29. The molecule has 0 aliphatic carbocycles. The zero-order valence-corrected chi connectivity index (χ0v) is 10.2. The molecule has 0 aromatic carbocycles. The minimum atomic E-state index is -0.260. The van der Waals surface area contributed by atoms with Crippen molar-refractivity contribution >= 4 is 23.3 Å². The van der Waals surface area contributed by atoms with E-state index in [1.165, 1.54) is 6.07 Å². The summed E-state index contributed by atoms with van der Waals surface area (Å²) in [4.78, 5) is 15.9. The Morgan fingerprint density at radius 1 is 1.35 bits per heavy atom. The van der Waals surface area contributed by atoms with E-state index in [2.05, 4.69) is 20.5 Å². The molecule has 0 saturated carbocycles. The molecule has 0 radical (unpaired) electrons. The third kappa shape index (κ3) is 2.82. The van der Waals surface area contributed by atoms with Crippen molar-refractivity contribution in [3.8, 4) is 0 Å². The summed E-state index contributed by atoms with van der Waals surface area (Å²) >= 11 is 5.79. The first-order valence-corrected chi connectivity index (χ1v) is 5.40. The van der Waals surface area contributed by atoms with Crippen LogP contribution in [0.4, 0.5) is 5.82 Å². The molecular formula is C11H11ClN4O. The Bertz CT molecular complexity index is 544. The molecule has 2 N–H and O–H groups in total. The summed E-state index contributed by atoms with van der Waals surface area (Å²) in [5.74, 6) is 0.224. The number of hydrogen-bond acceptors (Lipinski definition) is 3. The number of hydrogen-bond donors (Lipinski definition) is 2. The van der Waals surface area contributed by atoms with E-state index < -0.39 is 0 Å². The van der Waals surface area contributed by atoms with Crippen molar-refractivity contribution in [1.82, 2.24) is 15.2 Å². The molecular weight excluding hydrogens is 240 g/mol. The van der Waals surface area contributed by atoms with Gasteiger partial charge in [0.1, 0.15) is 5.15 Å². The SMILES string of the molecule is Cc1cc(C(=O)Nc2cc(C)[nH]n2)cc(Cl)n1. The molecule has 2 rings (SSSR count). The van der Waals surface area contributed by atoms with Gasteiger partial charge in [0.25, 0.3) is 5.91 Å². The number of H-pyrrole nitrogens is 1. The zero-order valence-electron chi connectivity index (χ0n) is 9.41. The molecule has 0 aliphatic rings. The predicted octanol–water partition coefficient (Wildman–Crippen LogP) is 2.33. The van der Waals surface area contributed by atoms with E-state index in [1.807, 2.05) is 6.92 Å². The Morgan fingerprint density at radius 2 is 2.12 bits per heavy atom. The maximum absolute atomic E-state index is 11.9. The van der Waals surface area contributed by atoms with Crippen LogP contribution in [0.3, 0.4) is 0 Å².